The number of primary amides is 1. The lowest BCUT2D eigenvalue weighted by Crippen LogP contribution is -2.46. The van der Waals surface area contributed by atoms with Crippen LogP contribution in [0.1, 0.15) is 55.3 Å². The van der Waals surface area contributed by atoms with Crippen LogP contribution < -0.4 is 10.5 Å². The monoisotopic (exact) mass is 574 g/mol. The Labute approximate surface area is 241 Å². The maximum absolute atomic E-state index is 14.5. The fourth-order valence-electron chi connectivity index (χ4n) is 5.85. The first-order valence-electron chi connectivity index (χ1n) is 13.0. The second-order valence-electron chi connectivity index (χ2n) is 10.1. The van der Waals surface area contributed by atoms with E-state index in [-0.39, 0.29) is 11.3 Å². The molecule has 1 aromatic heterocycles. The minimum Gasteiger partial charge on any atom is -0.497 e. The van der Waals surface area contributed by atoms with Gasteiger partial charge in [-0.1, -0.05) is 41.9 Å². The minimum absolute atomic E-state index is 0.0205. The van der Waals surface area contributed by atoms with Crippen LogP contribution in [0.2, 0.25) is 5.02 Å². The molecule has 4 aromatic rings. The van der Waals surface area contributed by atoms with Gasteiger partial charge in [-0.15, -0.1) is 0 Å². The highest BCUT2D eigenvalue weighted by atomic mass is 35.5. The van der Waals surface area contributed by atoms with Crippen molar-refractivity contribution in [1.82, 2.24) is 4.90 Å². The molecule has 4 unspecified atom stereocenters. The smallest absolute Gasteiger partial charge is 0.255 e. The van der Waals surface area contributed by atoms with Crippen molar-refractivity contribution >= 4 is 29.2 Å². The van der Waals surface area contributed by atoms with Gasteiger partial charge in [0.15, 0.2) is 5.78 Å². The normalized spacial score (nSPS) is 20.2. The highest BCUT2D eigenvalue weighted by Crippen LogP contribution is 2.52. The molecule has 0 aliphatic carbocycles. The van der Waals surface area contributed by atoms with Crippen LogP contribution in [0, 0.1) is 25.6 Å². The van der Waals surface area contributed by atoms with Crippen LogP contribution in [0.15, 0.2) is 83.3 Å². The predicted octanol–water partition coefficient (Wildman–Crippen LogP) is 6.03. The number of likely N-dealkylation sites (tertiary alicyclic amines) is 1. The lowest BCUT2D eigenvalue weighted by molar-refractivity contribution is -0.122. The van der Waals surface area contributed by atoms with Crippen LogP contribution in [-0.4, -0.2) is 35.6 Å². The van der Waals surface area contributed by atoms with Crippen LogP contribution in [0.5, 0.6) is 5.75 Å². The molecule has 2 N–H and O–H groups in total. The number of methoxy groups -OCH3 is 1. The molecule has 0 saturated carbocycles. The third-order valence-corrected chi connectivity index (χ3v) is 7.84. The number of nitrogens with zero attached hydrogens (tertiary/aromatic N) is 1. The minimum atomic E-state index is -1.25. The quantitative estimate of drug-likeness (QED) is 0.271. The van der Waals surface area contributed by atoms with Gasteiger partial charge in [0.25, 0.3) is 5.91 Å². The molecule has 5 rings (SSSR count). The molecule has 3 aromatic carbocycles. The van der Waals surface area contributed by atoms with Crippen molar-refractivity contribution in [2.75, 3.05) is 7.11 Å². The fraction of sp³-hybridized carbons (Fsp3) is 0.219. The van der Waals surface area contributed by atoms with Crippen molar-refractivity contribution in [3.05, 3.63) is 123 Å². The van der Waals surface area contributed by atoms with Gasteiger partial charge in [-0.25, -0.2) is 4.39 Å². The molecule has 7 nitrogen and oxygen atoms in total. The van der Waals surface area contributed by atoms with E-state index in [2.05, 4.69) is 0 Å². The Kier molecular flexibility index (Phi) is 7.69. The highest BCUT2D eigenvalue weighted by Gasteiger charge is 2.57. The second kappa shape index (κ2) is 11.2. The highest BCUT2D eigenvalue weighted by molar-refractivity contribution is 6.30. The Morgan fingerprint density at radius 1 is 0.951 bits per heavy atom. The number of benzene rings is 3. The molecule has 0 spiro atoms. The number of Topliss-reactive ketones (excluding diaryl/α,β-unsaturated/α-hetero) is 1. The Morgan fingerprint density at radius 2 is 1.61 bits per heavy atom. The van der Waals surface area contributed by atoms with Crippen molar-refractivity contribution in [3.8, 4) is 5.75 Å². The van der Waals surface area contributed by atoms with E-state index in [4.69, 9.17) is 26.5 Å². The van der Waals surface area contributed by atoms with Crippen LogP contribution in [0.4, 0.5) is 4.39 Å². The Balaban J connectivity index is 1.79. The van der Waals surface area contributed by atoms with Crippen molar-refractivity contribution in [2.45, 2.75) is 31.8 Å². The maximum atomic E-state index is 14.5. The van der Waals surface area contributed by atoms with Crippen molar-refractivity contribution < 1.29 is 27.9 Å². The zero-order valence-corrected chi connectivity index (χ0v) is 23.4. The van der Waals surface area contributed by atoms with Gasteiger partial charge in [-0.3, -0.25) is 14.4 Å². The largest absolute Gasteiger partial charge is 0.497 e. The molecular weight excluding hydrogens is 547 g/mol. The summed E-state index contributed by atoms with van der Waals surface area (Å²) in [6.07, 6.45) is 0. The van der Waals surface area contributed by atoms with Crippen LogP contribution in [-0.2, 0) is 4.79 Å². The lowest BCUT2D eigenvalue weighted by atomic mass is 9.76. The van der Waals surface area contributed by atoms with E-state index in [9.17, 15) is 18.8 Å². The summed E-state index contributed by atoms with van der Waals surface area (Å²) in [6, 6.07) is 18.3. The summed E-state index contributed by atoms with van der Waals surface area (Å²) in [5.74, 6) is -2.64. The zero-order chi connectivity index (χ0) is 29.4. The molecular formula is C32H28ClFN2O5. The Hall–Kier alpha value is -4.43. The number of carbonyl (C=O) groups is 3. The fourth-order valence-corrected chi connectivity index (χ4v) is 5.98. The molecule has 2 amide bonds. The number of hydrogen-bond donors (Lipinski definition) is 1. The number of rotatable bonds is 7. The third-order valence-electron chi connectivity index (χ3n) is 7.59. The second-order valence-corrected chi connectivity index (χ2v) is 10.5. The number of hydrogen-bond acceptors (Lipinski definition) is 5. The first-order chi connectivity index (χ1) is 19.6. The molecule has 1 aliphatic rings. The standard InChI is InChI=1S/C32H28ClFN2O5/c1-17-15-25(18(2)41-17)30(37)27-26(19-9-13-24(40-3)14-10-19)29(31(35)38)36(28(27)20-7-11-22(33)12-8-20)32(39)21-5-4-6-23(34)16-21/h4-16,26-29H,1-3H3,(H2,35,38). The summed E-state index contributed by atoms with van der Waals surface area (Å²) in [5.41, 5.74) is 7.57. The molecule has 0 bridgehead atoms. The van der Waals surface area contributed by atoms with Gasteiger partial charge in [0.2, 0.25) is 5.91 Å². The van der Waals surface area contributed by atoms with Gasteiger partial charge >= 0.3 is 0 Å². The van der Waals surface area contributed by atoms with Crippen LogP contribution >= 0.6 is 11.6 Å². The van der Waals surface area contributed by atoms with Crippen molar-refractivity contribution in [3.63, 3.8) is 0 Å². The summed E-state index contributed by atoms with van der Waals surface area (Å²) in [5, 5.41) is 0.456. The van der Waals surface area contributed by atoms with Gasteiger partial charge in [0, 0.05) is 16.5 Å². The summed E-state index contributed by atoms with van der Waals surface area (Å²) < 4.78 is 25.3. The number of carbonyl (C=O) groups excluding carboxylic acids is 3. The average molecular weight is 575 g/mol. The Bertz CT molecular complexity index is 1620. The molecule has 9 heteroatoms. The lowest BCUT2D eigenvalue weighted by Gasteiger charge is -2.31. The summed E-state index contributed by atoms with van der Waals surface area (Å²) in [4.78, 5) is 43.3. The molecule has 4 atom stereocenters. The van der Waals surface area contributed by atoms with Crippen LogP contribution in [0.25, 0.3) is 0 Å². The predicted molar refractivity (Wildman–Crippen MR) is 151 cm³/mol. The molecule has 41 heavy (non-hydrogen) atoms. The van der Waals surface area contributed by atoms with E-state index in [1.54, 1.807) is 68.4 Å². The first-order valence-corrected chi connectivity index (χ1v) is 13.4. The summed E-state index contributed by atoms with van der Waals surface area (Å²) in [7, 11) is 1.53. The number of nitrogens with two attached hydrogens (primary N) is 1. The Morgan fingerprint density at radius 3 is 2.17 bits per heavy atom. The van der Waals surface area contributed by atoms with Crippen molar-refractivity contribution in [1.29, 1.82) is 0 Å². The molecule has 1 fully saturated rings. The molecule has 1 aliphatic heterocycles. The average Bonchev–Trinajstić information content (AvgIpc) is 3.49. The molecule has 2 heterocycles. The summed E-state index contributed by atoms with van der Waals surface area (Å²) in [6.45, 7) is 3.43. The van der Waals surface area contributed by atoms with Gasteiger partial charge in [0.05, 0.1) is 24.6 Å². The number of ether oxygens (including phenoxy) is 1. The zero-order valence-electron chi connectivity index (χ0n) is 22.6. The van der Waals surface area contributed by atoms with Crippen molar-refractivity contribution in [2.24, 2.45) is 11.7 Å². The number of furan rings is 1. The number of ketones is 1. The summed E-state index contributed by atoms with van der Waals surface area (Å²) >= 11 is 6.19. The first kappa shape index (κ1) is 28.1. The van der Waals surface area contributed by atoms with E-state index in [1.165, 1.54) is 30.2 Å². The SMILES string of the molecule is COc1ccc(C2C(C(=O)c3cc(C)oc3C)C(c3ccc(Cl)cc3)N(C(=O)c3cccc(F)c3)C2C(N)=O)cc1. The van der Waals surface area contributed by atoms with Gasteiger partial charge in [0.1, 0.15) is 29.1 Å². The molecule has 1 saturated heterocycles. The van der Waals surface area contributed by atoms with E-state index < -0.39 is 41.6 Å². The molecule has 210 valence electrons. The van der Waals surface area contributed by atoms with Gasteiger partial charge in [-0.05, 0) is 73.5 Å². The maximum Gasteiger partial charge on any atom is 0.255 e. The number of aryl methyl sites for hydroxylation is 2. The topological polar surface area (TPSA) is 103 Å². The van der Waals surface area contributed by atoms with Gasteiger partial charge in [-0.2, -0.15) is 0 Å². The molecule has 0 radical (unpaired) electrons. The number of halogens is 2. The van der Waals surface area contributed by atoms with E-state index in [0.717, 1.165) is 6.07 Å². The van der Waals surface area contributed by atoms with Gasteiger partial charge < -0.3 is 19.8 Å². The number of amides is 2. The third kappa shape index (κ3) is 5.23. The van der Waals surface area contributed by atoms with E-state index >= 15 is 0 Å². The van der Waals surface area contributed by atoms with E-state index in [0.29, 0.717) is 39.0 Å². The van der Waals surface area contributed by atoms with E-state index in [1.807, 2.05) is 0 Å². The van der Waals surface area contributed by atoms with Crippen LogP contribution in [0.3, 0.4) is 0 Å².